The standard InChI is InChI=1S/C26H32BrN5O3/c1-15(16-9-6-5-7-10-16)24(33)30-19-14-29-23-20(19)21(17(27)13-28-23)32-12-8-11-18(31-25(34)35)22(32)26(2,3)4/h5-7,9-10,13-15,18,22,31H,8,11-12H2,1-4H3,(H,28,29)(H,30,33)(H,34,35)/t15?,18-,22?/m1/s1. The van der Waals surface area contributed by atoms with Crippen LogP contribution in [0, 0.1) is 5.41 Å². The molecule has 4 rings (SSSR count). The molecule has 3 heterocycles. The van der Waals surface area contributed by atoms with Crippen molar-refractivity contribution in [1.29, 1.82) is 0 Å². The topological polar surface area (TPSA) is 110 Å². The number of pyridine rings is 1. The van der Waals surface area contributed by atoms with E-state index in [0.717, 1.165) is 40.5 Å². The molecule has 186 valence electrons. The molecule has 0 radical (unpaired) electrons. The Balaban J connectivity index is 1.76. The highest BCUT2D eigenvalue weighted by Gasteiger charge is 2.41. The molecule has 2 amide bonds. The predicted molar refractivity (Wildman–Crippen MR) is 142 cm³/mol. The summed E-state index contributed by atoms with van der Waals surface area (Å²) in [6.45, 7) is 9.02. The fourth-order valence-corrected chi connectivity index (χ4v) is 5.72. The molecule has 2 unspecified atom stereocenters. The van der Waals surface area contributed by atoms with Gasteiger partial charge >= 0.3 is 6.09 Å². The van der Waals surface area contributed by atoms with Crippen LogP contribution in [-0.2, 0) is 4.79 Å². The zero-order valence-corrected chi connectivity index (χ0v) is 22.0. The summed E-state index contributed by atoms with van der Waals surface area (Å²) >= 11 is 3.70. The van der Waals surface area contributed by atoms with Gasteiger partial charge in [0.25, 0.3) is 0 Å². The number of benzene rings is 1. The second-order valence-corrected chi connectivity index (χ2v) is 11.1. The van der Waals surface area contributed by atoms with E-state index in [4.69, 9.17) is 0 Å². The summed E-state index contributed by atoms with van der Waals surface area (Å²) in [7, 11) is 0. The smallest absolute Gasteiger partial charge is 0.404 e. The van der Waals surface area contributed by atoms with Gasteiger partial charge in [-0.15, -0.1) is 0 Å². The fraction of sp³-hybridized carbons (Fsp3) is 0.423. The van der Waals surface area contributed by atoms with Crippen molar-refractivity contribution in [1.82, 2.24) is 15.3 Å². The Morgan fingerprint density at radius 2 is 1.97 bits per heavy atom. The lowest BCUT2D eigenvalue weighted by molar-refractivity contribution is -0.117. The van der Waals surface area contributed by atoms with E-state index in [9.17, 15) is 14.7 Å². The maximum Gasteiger partial charge on any atom is 0.404 e. The number of anilines is 2. The summed E-state index contributed by atoms with van der Waals surface area (Å²) in [5.74, 6) is -0.439. The number of carboxylic acid groups (broad SMARTS) is 1. The summed E-state index contributed by atoms with van der Waals surface area (Å²) in [4.78, 5) is 34.7. The molecule has 1 fully saturated rings. The number of nitrogens with one attached hydrogen (secondary N) is 3. The van der Waals surface area contributed by atoms with E-state index >= 15 is 0 Å². The Bertz CT molecular complexity index is 1220. The number of hydrogen-bond acceptors (Lipinski definition) is 4. The number of fused-ring (bicyclic) bond motifs is 1. The minimum absolute atomic E-state index is 0.101. The Hall–Kier alpha value is -3.07. The van der Waals surface area contributed by atoms with Gasteiger partial charge in [-0.1, -0.05) is 51.1 Å². The maximum absolute atomic E-state index is 13.2. The van der Waals surface area contributed by atoms with Crippen LogP contribution in [-0.4, -0.2) is 45.7 Å². The van der Waals surface area contributed by atoms with Crippen molar-refractivity contribution in [3.05, 3.63) is 52.8 Å². The van der Waals surface area contributed by atoms with Crippen LogP contribution < -0.4 is 15.5 Å². The second-order valence-electron chi connectivity index (χ2n) is 10.2. The number of rotatable bonds is 5. The monoisotopic (exact) mass is 541 g/mol. The molecule has 1 aromatic carbocycles. The van der Waals surface area contributed by atoms with E-state index in [2.05, 4.69) is 62.2 Å². The number of carbonyl (C=O) groups excluding carboxylic acids is 1. The van der Waals surface area contributed by atoms with Gasteiger partial charge in [0.15, 0.2) is 0 Å². The van der Waals surface area contributed by atoms with Crippen molar-refractivity contribution in [2.45, 2.75) is 58.5 Å². The van der Waals surface area contributed by atoms with E-state index in [1.54, 1.807) is 12.4 Å². The van der Waals surface area contributed by atoms with Crippen molar-refractivity contribution in [2.24, 2.45) is 5.41 Å². The van der Waals surface area contributed by atoms with Gasteiger partial charge in [-0.25, -0.2) is 9.78 Å². The average Bonchev–Trinajstić information content (AvgIpc) is 3.20. The second kappa shape index (κ2) is 9.89. The Morgan fingerprint density at radius 1 is 1.26 bits per heavy atom. The average molecular weight is 542 g/mol. The van der Waals surface area contributed by atoms with Crippen LogP contribution >= 0.6 is 15.9 Å². The van der Waals surface area contributed by atoms with Gasteiger partial charge in [0, 0.05) is 18.9 Å². The van der Waals surface area contributed by atoms with E-state index in [1.165, 1.54) is 0 Å². The summed E-state index contributed by atoms with van der Waals surface area (Å²) in [5.41, 5.74) is 2.93. The van der Waals surface area contributed by atoms with E-state index in [-0.39, 0.29) is 29.3 Å². The summed E-state index contributed by atoms with van der Waals surface area (Å²) in [6.07, 6.45) is 4.11. The molecule has 4 N–H and O–H groups in total. The Kier molecular flexibility index (Phi) is 7.07. The minimum Gasteiger partial charge on any atom is -0.465 e. The highest BCUT2D eigenvalue weighted by Crippen LogP contribution is 2.44. The van der Waals surface area contributed by atoms with Gasteiger partial charge in [0.05, 0.1) is 39.2 Å². The van der Waals surface area contributed by atoms with E-state index in [1.807, 2.05) is 37.3 Å². The summed E-state index contributed by atoms with van der Waals surface area (Å²) < 4.78 is 0.793. The highest BCUT2D eigenvalue weighted by atomic mass is 79.9. The van der Waals surface area contributed by atoms with Gasteiger partial charge < -0.3 is 25.6 Å². The van der Waals surface area contributed by atoms with Gasteiger partial charge in [0.2, 0.25) is 5.91 Å². The Labute approximate surface area is 213 Å². The fourth-order valence-electron chi connectivity index (χ4n) is 5.20. The van der Waals surface area contributed by atoms with Crippen molar-refractivity contribution in [3.63, 3.8) is 0 Å². The number of halogens is 1. The van der Waals surface area contributed by atoms with E-state index in [0.29, 0.717) is 11.3 Å². The number of hydrogen-bond donors (Lipinski definition) is 4. The van der Waals surface area contributed by atoms with Crippen LogP contribution in [0.25, 0.3) is 11.0 Å². The minimum atomic E-state index is -1.02. The third kappa shape index (κ3) is 5.15. The molecule has 1 aliphatic rings. The number of amides is 2. The van der Waals surface area contributed by atoms with Gasteiger partial charge in [-0.05, 0) is 46.7 Å². The number of aromatic nitrogens is 2. The molecule has 0 saturated carbocycles. The predicted octanol–water partition coefficient (Wildman–Crippen LogP) is 5.72. The molecule has 0 bridgehead atoms. The third-order valence-corrected chi connectivity index (χ3v) is 7.27. The normalized spacial score (nSPS) is 19.4. The molecule has 2 aromatic heterocycles. The molecule has 35 heavy (non-hydrogen) atoms. The van der Waals surface area contributed by atoms with Gasteiger partial charge in [-0.3, -0.25) is 4.79 Å². The first-order valence-corrected chi connectivity index (χ1v) is 12.6. The van der Waals surface area contributed by atoms with Gasteiger partial charge in [-0.2, -0.15) is 0 Å². The highest BCUT2D eigenvalue weighted by molar-refractivity contribution is 9.10. The van der Waals surface area contributed by atoms with Crippen LogP contribution in [0.1, 0.15) is 52.0 Å². The molecule has 0 spiro atoms. The van der Waals surface area contributed by atoms with Crippen molar-refractivity contribution < 1.29 is 14.7 Å². The van der Waals surface area contributed by atoms with Crippen molar-refractivity contribution >= 4 is 50.3 Å². The SMILES string of the molecule is CC(C(=O)Nc1c[nH]c2ncc(Br)c(N3CCC[C@@H](NC(=O)O)C3C(C)(C)C)c12)c1ccccc1. The Morgan fingerprint density at radius 3 is 2.63 bits per heavy atom. The zero-order chi connectivity index (χ0) is 25.3. The first-order chi connectivity index (χ1) is 16.6. The number of carbonyl (C=O) groups is 2. The zero-order valence-electron chi connectivity index (χ0n) is 20.4. The largest absolute Gasteiger partial charge is 0.465 e. The molecule has 0 aliphatic carbocycles. The molecule has 9 heteroatoms. The molecule has 8 nitrogen and oxygen atoms in total. The molecule has 3 aromatic rings. The molecular formula is C26H32BrN5O3. The van der Waals surface area contributed by atoms with Crippen molar-refractivity contribution in [2.75, 3.05) is 16.8 Å². The van der Waals surface area contributed by atoms with Crippen LogP contribution in [0.15, 0.2) is 47.2 Å². The van der Waals surface area contributed by atoms with Crippen LogP contribution in [0.4, 0.5) is 16.2 Å². The van der Waals surface area contributed by atoms with Crippen LogP contribution in [0.5, 0.6) is 0 Å². The quantitative estimate of drug-likeness (QED) is 0.330. The summed E-state index contributed by atoms with van der Waals surface area (Å²) in [6, 6.07) is 9.34. The first-order valence-electron chi connectivity index (χ1n) is 11.9. The lowest BCUT2D eigenvalue weighted by Crippen LogP contribution is -2.60. The van der Waals surface area contributed by atoms with Crippen molar-refractivity contribution in [3.8, 4) is 0 Å². The maximum atomic E-state index is 13.2. The number of piperidine rings is 1. The first kappa shape index (κ1) is 25.0. The van der Waals surface area contributed by atoms with E-state index < -0.39 is 6.09 Å². The summed E-state index contributed by atoms with van der Waals surface area (Å²) in [5, 5.41) is 16.1. The lowest BCUT2D eigenvalue weighted by Gasteiger charge is -2.49. The lowest BCUT2D eigenvalue weighted by atomic mass is 9.77. The molecule has 1 aliphatic heterocycles. The number of H-pyrrole nitrogens is 1. The number of aromatic amines is 1. The van der Waals surface area contributed by atoms with Gasteiger partial charge in [0.1, 0.15) is 5.65 Å². The van der Waals surface area contributed by atoms with Crippen LogP contribution in [0.3, 0.4) is 0 Å². The van der Waals surface area contributed by atoms with Crippen LogP contribution in [0.2, 0.25) is 0 Å². The molecular weight excluding hydrogens is 510 g/mol. The molecule has 1 saturated heterocycles. The third-order valence-electron chi connectivity index (χ3n) is 6.69. The molecule has 3 atom stereocenters. The number of nitrogens with zero attached hydrogens (tertiary/aromatic N) is 2.